The first kappa shape index (κ1) is 9.06. The normalized spacial score (nSPS) is 16.2. The van der Waals surface area contributed by atoms with Crippen LogP contribution in [0.25, 0.3) is 0 Å². The van der Waals surface area contributed by atoms with Gasteiger partial charge in [-0.2, -0.15) is 0 Å². The molecule has 4 heteroatoms. The standard InChI is InChI=1S/C8H13NO3/c1-6-7(2-5-12-6)8(11)9-3-4-10/h10H,2-5H2,1H3,(H,9,11). The fourth-order valence-electron chi connectivity index (χ4n) is 1.12. The lowest BCUT2D eigenvalue weighted by Gasteiger charge is -2.02. The van der Waals surface area contributed by atoms with Gasteiger partial charge in [-0.15, -0.1) is 0 Å². The molecule has 0 spiro atoms. The molecule has 0 atom stereocenters. The Hall–Kier alpha value is -1.03. The fourth-order valence-corrected chi connectivity index (χ4v) is 1.12. The molecule has 2 N–H and O–H groups in total. The van der Waals surface area contributed by atoms with Crippen LogP contribution in [0.5, 0.6) is 0 Å². The molecular formula is C8H13NO3. The second-order valence-electron chi connectivity index (χ2n) is 2.61. The number of carbonyl (C=O) groups excluding carboxylic acids is 1. The van der Waals surface area contributed by atoms with Gasteiger partial charge in [0.15, 0.2) is 0 Å². The highest BCUT2D eigenvalue weighted by molar-refractivity contribution is 5.94. The second kappa shape index (κ2) is 4.11. The van der Waals surface area contributed by atoms with Crippen LogP contribution in [0.4, 0.5) is 0 Å². The molecule has 1 aliphatic rings. The maximum absolute atomic E-state index is 11.3. The Labute approximate surface area is 71.2 Å². The SMILES string of the molecule is CC1=C(C(=O)NCCO)CCO1. The van der Waals surface area contributed by atoms with Crippen molar-refractivity contribution in [3.8, 4) is 0 Å². The first-order valence-corrected chi connectivity index (χ1v) is 3.97. The number of aliphatic hydroxyl groups excluding tert-OH is 1. The van der Waals surface area contributed by atoms with E-state index in [1.807, 2.05) is 0 Å². The Morgan fingerprint density at radius 3 is 3.00 bits per heavy atom. The summed E-state index contributed by atoms with van der Waals surface area (Å²) in [5.41, 5.74) is 0.698. The van der Waals surface area contributed by atoms with Crippen LogP contribution in [0.1, 0.15) is 13.3 Å². The van der Waals surface area contributed by atoms with Crippen LogP contribution in [0, 0.1) is 0 Å². The number of rotatable bonds is 3. The summed E-state index contributed by atoms with van der Waals surface area (Å²) in [6, 6.07) is 0. The largest absolute Gasteiger partial charge is 0.497 e. The topological polar surface area (TPSA) is 58.6 Å². The first-order valence-electron chi connectivity index (χ1n) is 3.97. The average Bonchev–Trinajstić information content (AvgIpc) is 2.47. The molecule has 0 bridgehead atoms. The van der Waals surface area contributed by atoms with Crippen LogP contribution in [0.3, 0.4) is 0 Å². The molecule has 0 saturated heterocycles. The molecule has 0 aliphatic carbocycles. The van der Waals surface area contributed by atoms with Gasteiger partial charge in [0.2, 0.25) is 0 Å². The van der Waals surface area contributed by atoms with Crippen LogP contribution >= 0.6 is 0 Å². The van der Waals surface area contributed by atoms with E-state index in [-0.39, 0.29) is 12.5 Å². The molecule has 1 aliphatic heterocycles. The molecule has 0 aromatic heterocycles. The summed E-state index contributed by atoms with van der Waals surface area (Å²) < 4.78 is 5.12. The van der Waals surface area contributed by atoms with Crippen molar-refractivity contribution >= 4 is 5.91 Å². The molecule has 4 nitrogen and oxygen atoms in total. The van der Waals surface area contributed by atoms with Gasteiger partial charge < -0.3 is 15.2 Å². The predicted octanol–water partition coefficient (Wildman–Crippen LogP) is -0.211. The Kier molecular flexibility index (Phi) is 3.10. The van der Waals surface area contributed by atoms with E-state index in [1.165, 1.54) is 0 Å². The van der Waals surface area contributed by atoms with Crippen LogP contribution in [0.2, 0.25) is 0 Å². The molecule has 1 heterocycles. The summed E-state index contributed by atoms with van der Waals surface area (Å²) >= 11 is 0. The number of hydrogen-bond donors (Lipinski definition) is 2. The number of hydrogen-bond acceptors (Lipinski definition) is 3. The number of amides is 1. The lowest BCUT2D eigenvalue weighted by Crippen LogP contribution is -2.27. The Morgan fingerprint density at radius 2 is 2.50 bits per heavy atom. The lowest BCUT2D eigenvalue weighted by atomic mass is 10.2. The van der Waals surface area contributed by atoms with Crippen molar-refractivity contribution in [3.63, 3.8) is 0 Å². The van der Waals surface area contributed by atoms with Crippen LogP contribution in [0.15, 0.2) is 11.3 Å². The maximum atomic E-state index is 11.3. The van der Waals surface area contributed by atoms with Gasteiger partial charge in [-0.05, 0) is 6.92 Å². The highest BCUT2D eigenvalue weighted by Crippen LogP contribution is 2.17. The van der Waals surface area contributed by atoms with E-state index in [2.05, 4.69) is 5.32 Å². The zero-order chi connectivity index (χ0) is 8.97. The van der Waals surface area contributed by atoms with Gasteiger partial charge in [0.1, 0.15) is 5.76 Å². The van der Waals surface area contributed by atoms with E-state index in [9.17, 15) is 4.79 Å². The number of ether oxygens (including phenoxy) is 1. The molecule has 68 valence electrons. The van der Waals surface area contributed by atoms with E-state index >= 15 is 0 Å². The van der Waals surface area contributed by atoms with Gasteiger partial charge in [0, 0.05) is 13.0 Å². The third-order valence-corrected chi connectivity index (χ3v) is 1.77. The molecule has 12 heavy (non-hydrogen) atoms. The number of allylic oxidation sites excluding steroid dienone is 1. The second-order valence-corrected chi connectivity index (χ2v) is 2.61. The van der Waals surface area contributed by atoms with Crippen LogP contribution < -0.4 is 5.32 Å². The first-order chi connectivity index (χ1) is 5.75. The maximum Gasteiger partial charge on any atom is 0.250 e. The van der Waals surface area contributed by atoms with E-state index < -0.39 is 0 Å². The highest BCUT2D eigenvalue weighted by Gasteiger charge is 2.18. The van der Waals surface area contributed by atoms with Crippen molar-refractivity contribution in [2.45, 2.75) is 13.3 Å². The minimum absolute atomic E-state index is 0.0288. The molecule has 0 radical (unpaired) electrons. The van der Waals surface area contributed by atoms with Crippen LogP contribution in [-0.4, -0.2) is 30.8 Å². The zero-order valence-corrected chi connectivity index (χ0v) is 7.09. The number of carbonyl (C=O) groups is 1. The van der Waals surface area contributed by atoms with Gasteiger partial charge in [-0.1, -0.05) is 0 Å². The monoisotopic (exact) mass is 171 g/mol. The number of nitrogens with one attached hydrogen (secondary N) is 1. The quantitative estimate of drug-likeness (QED) is 0.617. The Balaban J connectivity index is 2.46. The van der Waals surface area contributed by atoms with Gasteiger partial charge in [-0.3, -0.25) is 4.79 Å². The predicted molar refractivity (Wildman–Crippen MR) is 43.4 cm³/mol. The molecule has 1 rings (SSSR count). The number of aliphatic hydroxyl groups is 1. The van der Waals surface area contributed by atoms with E-state index in [0.29, 0.717) is 30.9 Å². The van der Waals surface area contributed by atoms with Crippen molar-refractivity contribution < 1.29 is 14.6 Å². The summed E-state index contributed by atoms with van der Waals surface area (Å²) in [6.07, 6.45) is 0.670. The van der Waals surface area contributed by atoms with Gasteiger partial charge in [0.25, 0.3) is 5.91 Å². The third kappa shape index (κ3) is 1.98. The summed E-state index contributed by atoms with van der Waals surface area (Å²) in [7, 11) is 0. The fraction of sp³-hybridized carbons (Fsp3) is 0.625. The van der Waals surface area contributed by atoms with Gasteiger partial charge in [-0.25, -0.2) is 0 Å². The minimum Gasteiger partial charge on any atom is -0.497 e. The van der Waals surface area contributed by atoms with Gasteiger partial charge in [0.05, 0.1) is 18.8 Å². The highest BCUT2D eigenvalue weighted by atomic mass is 16.5. The van der Waals surface area contributed by atoms with Crippen LogP contribution in [-0.2, 0) is 9.53 Å². The van der Waals surface area contributed by atoms with Crippen molar-refractivity contribution in [2.75, 3.05) is 19.8 Å². The smallest absolute Gasteiger partial charge is 0.250 e. The molecule has 1 amide bonds. The third-order valence-electron chi connectivity index (χ3n) is 1.77. The van der Waals surface area contributed by atoms with Crippen molar-refractivity contribution in [1.29, 1.82) is 0 Å². The van der Waals surface area contributed by atoms with E-state index in [1.54, 1.807) is 6.92 Å². The molecule has 0 aromatic rings. The van der Waals surface area contributed by atoms with E-state index in [4.69, 9.17) is 9.84 Å². The summed E-state index contributed by atoms with van der Waals surface area (Å²) in [4.78, 5) is 11.3. The zero-order valence-electron chi connectivity index (χ0n) is 7.09. The summed E-state index contributed by atoms with van der Waals surface area (Å²) in [6.45, 7) is 2.64. The summed E-state index contributed by atoms with van der Waals surface area (Å²) in [5.74, 6) is 0.574. The molecule has 0 saturated carbocycles. The van der Waals surface area contributed by atoms with E-state index in [0.717, 1.165) is 0 Å². The molecule has 0 unspecified atom stereocenters. The van der Waals surface area contributed by atoms with Gasteiger partial charge >= 0.3 is 0 Å². The molecular weight excluding hydrogens is 158 g/mol. The Morgan fingerprint density at radius 1 is 1.75 bits per heavy atom. The minimum atomic E-state index is -0.126. The van der Waals surface area contributed by atoms with Crippen molar-refractivity contribution in [3.05, 3.63) is 11.3 Å². The van der Waals surface area contributed by atoms with Crippen molar-refractivity contribution in [1.82, 2.24) is 5.32 Å². The Bertz CT molecular complexity index is 210. The lowest BCUT2D eigenvalue weighted by molar-refractivity contribution is -0.117. The van der Waals surface area contributed by atoms with Crippen molar-refractivity contribution in [2.24, 2.45) is 0 Å². The summed E-state index contributed by atoms with van der Waals surface area (Å²) in [5, 5.41) is 11.0. The molecule has 0 aromatic carbocycles. The average molecular weight is 171 g/mol. The molecule has 0 fully saturated rings.